The van der Waals surface area contributed by atoms with Gasteiger partial charge < -0.3 is 9.15 Å². The standard InChI is InChI=1S/C13H17N3O4S/c1-3-21(17,18)14-8-7-12-15-16-13(20-12)10-5-4-6-11(9-10)19-2/h4-6,9,14H,3,7-8H2,1-2H3. The zero-order valence-electron chi connectivity index (χ0n) is 11.9. The topological polar surface area (TPSA) is 94.3 Å². The Morgan fingerprint density at radius 2 is 2.14 bits per heavy atom. The van der Waals surface area contributed by atoms with E-state index in [1.54, 1.807) is 20.1 Å². The smallest absolute Gasteiger partial charge is 0.247 e. The zero-order valence-corrected chi connectivity index (χ0v) is 12.7. The molecule has 2 rings (SSSR count). The van der Waals surface area contributed by atoms with Crippen molar-refractivity contribution < 1.29 is 17.6 Å². The molecule has 0 amide bonds. The van der Waals surface area contributed by atoms with E-state index in [2.05, 4.69) is 14.9 Å². The maximum atomic E-state index is 11.3. The first-order valence-electron chi connectivity index (χ1n) is 6.48. The molecule has 0 fully saturated rings. The molecule has 0 radical (unpaired) electrons. The SMILES string of the molecule is CCS(=O)(=O)NCCc1nnc(-c2cccc(OC)c2)o1. The maximum Gasteiger partial charge on any atom is 0.247 e. The molecule has 0 saturated heterocycles. The fourth-order valence-corrected chi connectivity index (χ4v) is 2.26. The van der Waals surface area contributed by atoms with Gasteiger partial charge in [0.15, 0.2) is 0 Å². The van der Waals surface area contributed by atoms with Gasteiger partial charge in [0.05, 0.1) is 12.9 Å². The van der Waals surface area contributed by atoms with Crippen molar-refractivity contribution in [3.8, 4) is 17.2 Å². The molecule has 7 nitrogen and oxygen atoms in total. The molecule has 0 saturated carbocycles. The molecule has 1 aromatic heterocycles. The second kappa shape index (κ2) is 6.68. The van der Waals surface area contributed by atoms with Crippen molar-refractivity contribution in [2.75, 3.05) is 19.4 Å². The van der Waals surface area contributed by atoms with Crippen LogP contribution in [0, 0.1) is 0 Å². The summed E-state index contributed by atoms with van der Waals surface area (Å²) in [6.45, 7) is 1.81. The monoisotopic (exact) mass is 311 g/mol. The van der Waals surface area contributed by atoms with Crippen molar-refractivity contribution in [1.29, 1.82) is 0 Å². The molecule has 1 aromatic carbocycles. The number of hydrogen-bond acceptors (Lipinski definition) is 6. The first kappa shape index (κ1) is 15.5. The van der Waals surface area contributed by atoms with Crippen LogP contribution in [0.15, 0.2) is 28.7 Å². The number of nitrogens with zero attached hydrogens (tertiary/aromatic N) is 2. The van der Waals surface area contributed by atoms with Crippen LogP contribution in [-0.2, 0) is 16.4 Å². The van der Waals surface area contributed by atoms with Crippen LogP contribution >= 0.6 is 0 Å². The van der Waals surface area contributed by atoms with Crippen molar-refractivity contribution in [2.24, 2.45) is 0 Å². The summed E-state index contributed by atoms with van der Waals surface area (Å²) in [7, 11) is -1.62. The Balaban J connectivity index is 2.01. The van der Waals surface area contributed by atoms with Crippen LogP contribution in [0.25, 0.3) is 11.5 Å². The van der Waals surface area contributed by atoms with E-state index in [1.807, 2.05) is 18.2 Å². The first-order valence-corrected chi connectivity index (χ1v) is 8.13. The summed E-state index contributed by atoms with van der Waals surface area (Å²) in [5, 5.41) is 7.85. The number of nitrogens with one attached hydrogen (secondary N) is 1. The Morgan fingerprint density at radius 3 is 2.86 bits per heavy atom. The molecule has 2 aromatic rings. The molecular weight excluding hydrogens is 294 g/mol. The zero-order chi connectivity index (χ0) is 15.3. The lowest BCUT2D eigenvalue weighted by Gasteiger charge is -2.01. The Labute approximate surface area is 123 Å². The maximum absolute atomic E-state index is 11.3. The minimum absolute atomic E-state index is 0.0475. The van der Waals surface area contributed by atoms with Gasteiger partial charge in [-0.25, -0.2) is 13.1 Å². The molecular formula is C13H17N3O4S. The van der Waals surface area contributed by atoms with Gasteiger partial charge in [-0.3, -0.25) is 0 Å². The number of aromatic nitrogens is 2. The minimum Gasteiger partial charge on any atom is -0.497 e. The van der Waals surface area contributed by atoms with Crippen molar-refractivity contribution in [1.82, 2.24) is 14.9 Å². The molecule has 0 bridgehead atoms. The summed E-state index contributed by atoms with van der Waals surface area (Å²) < 4.78 is 35.7. The Kier molecular flexibility index (Phi) is 4.92. The molecule has 8 heteroatoms. The normalized spacial score (nSPS) is 11.5. The van der Waals surface area contributed by atoms with Crippen molar-refractivity contribution in [3.63, 3.8) is 0 Å². The number of hydrogen-bond donors (Lipinski definition) is 1. The molecule has 1 heterocycles. The van der Waals surface area contributed by atoms with Gasteiger partial charge >= 0.3 is 0 Å². The molecule has 0 spiro atoms. The van der Waals surface area contributed by atoms with E-state index in [4.69, 9.17) is 9.15 Å². The van der Waals surface area contributed by atoms with Crippen molar-refractivity contribution in [2.45, 2.75) is 13.3 Å². The van der Waals surface area contributed by atoms with E-state index in [1.165, 1.54) is 0 Å². The third-order valence-corrected chi connectivity index (χ3v) is 4.23. The molecule has 0 aliphatic heterocycles. The molecule has 21 heavy (non-hydrogen) atoms. The summed E-state index contributed by atoms with van der Waals surface area (Å²) in [5.74, 6) is 1.50. The highest BCUT2D eigenvalue weighted by molar-refractivity contribution is 7.89. The van der Waals surface area contributed by atoms with Crippen LogP contribution in [0.2, 0.25) is 0 Å². The van der Waals surface area contributed by atoms with Crippen LogP contribution in [0.4, 0.5) is 0 Å². The first-order chi connectivity index (χ1) is 10.0. The number of rotatable bonds is 7. The summed E-state index contributed by atoms with van der Waals surface area (Å²) in [6.07, 6.45) is 0.343. The third-order valence-electron chi connectivity index (χ3n) is 2.82. The molecule has 0 aliphatic rings. The highest BCUT2D eigenvalue weighted by atomic mass is 32.2. The highest BCUT2D eigenvalue weighted by Crippen LogP contribution is 2.22. The van der Waals surface area contributed by atoms with Gasteiger partial charge in [-0.2, -0.15) is 0 Å². The lowest BCUT2D eigenvalue weighted by molar-refractivity contribution is 0.414. The Morgan fingerprint density at radius 1 is 1.33 bits per heavy atom. The lowest BCUT2D eigenvalue weighted by atomic mass is 10.2. The van der Waals surface area contributed by atoms with Crippen LogP contribution < -0.4 is 9.46 Å². The molecule has 0 atom stereocenters. The van der Waals surface area contributed by atoms with Gasteiger partial charge in [-0.1, -0.05) is 6.07 Å². The summed E-state index contributed by atoms with van der Waals surface area (Å²) in [4.78, 5) is 0. The molecule has 114 valence electrons. The molecule has 1 N–H and O–H groups in total. The third kappa shape index (κ3) is 4.27. The lowest BCUT2D eigenvalue weighted by Crippen LogP contribution is -2.27. The molecule has 0 unspecified atom stereocenters. The van der Waals surface area contributed by atoms with Crippen LogP contribution in [0.3, 0.4) is 0 Å². The van der Waals surface area contributed by atoms with E-state index in [0.717, 1.165) is 5.56 Å². The minimum atomic E-state index is -3.20. The summed E-state index contributed by atoms with van der Waals surface area (Å²) in [5.41, 5.74) is 0.752. The van der Waals surface area contributed by atoms with Crippen molar-refractivity contribution >= 4 is 10.0 Å². The van der Waals surface area contributed by atoms with Gasteiger partial charge in [0.25, 0.3) is 0 Å². The predicted molar refractivity (Wildman–Crippen MR) is 77.5 cm³/mol. The number of benzene rings is 1. The Bertz CT molecular complexity index is 697. The van der Waals surface area contributed by atoms with Crippen molar-refractivity contribution in [3.05, 3.63) is 30.2 Å². The van der Waals surface area contributed by atoms with Crippen LogP contribution in [0.1, 0.15) is 12.8 Å². The van der Waals surface area contributed by atoms with Crippen LogP contribution in [-0.4, -0.2) is 38.0 Å². The van der Waals surface area contributed by atoms with Gasteiger partial charge in [-0.05, 0) is 25.1 Å². The van der Waals surface area contributed by atoms with E-state index in [-0.39, 0.29) is 12.3 Å². The number of methoxy groups -OCH3 is 1. The van der Waals surface area contributed by atoms with E-state index < -0.39 is 10.0 Å². The molecule has 0 aliphatic carbocycles. The van der Waals surface area contributed by atoms with Gasteiger partial charge in [-0.15, -0.1) is 10.2 Å². The number of ether oxygens (including phenoxy) is 1. The van der Waals surface area contributed by atoms with E-state index >= 15 is 0 Å². The largest absolute Gasteiger partial charge is 0.497 e. The fourth-order valence-electron chi connectivity index (χ4n) is 1.64. The van der Waals surface area contributed by atoms with Gasteiger partial charge in [0.1, 0.15) is 5.75 Å². The second-order valence-electron chi connectivity index (χ2n) is 4.28. The van der Waals surface area contributed by atoms with Crippen LogP contribution in [0.5, 0.6) is 5.75 Å². The highest BCUT2D eigenvalue weighted by Gasteiger charge is 2.11. The number of sulfonamides is 1. The Hall–Kier alpha value is -1.93. The summed E-state index contributed by atoms with van der Waals surface area (Å²) in [6, 6.07) is 7.27. The predicted octanol–water partition coefficient (Wildman–Crippen LogP) is 1.23. The van der Waals surface area contributed by atoms with Gasteiger partial charge in [0, 0.05) is 18.5 Å². The summed E-state index contributed by atoms with van der Waals surface area (Å²) >= 11 is 0. The second-order valence-corrected chi connectivity index (χ2v) is 6.38. The fraction of sp³-hybridized carbons (Fsp3) is 0.385. The van der Waals surface area contributed by atoms with E-state index in [0.29, 0.717) is 24.0 Å². The van der Waals surface area contributed by atoms with Gasteiger partial charge in [0.2, 0.25) is 21.8 Å². The average molecular weight is 311 g/mol. The van der Waals surface area contributed by atoms with E-state index in [9.17, 15) is 8.42 Å². The average Bonchev–Trinajstić information content (AvgIpc) is 2.96. The quantitative estimate of drug-likeness (QED) is 0.826.